The van der Waals surface area contributed by atoms with Crippen molar-refractivity contribution in [1.29, 1.82) is 0 Å². The number of aromatic nitrogens is 2. The Morgan fingerprint density at radius 3 is 2.45 bits per heavy atom. The highest BCUT2D eigenvalue weighted by atomic mass is 16.2. The highest BCUT2D eigenvalue weighted by molar-refractivity contribution is 6.03. The Hall–Kier alpha value is -1.85. The lowest BCUT2D eigenvalue weighted by molar-refractivity contribution is -0.119. The van der Waals surface area contributed by atoms with Crippen molar-refractivity contribution < 1.29 is 9.59 Å². The zero-order valence-corrected chi connectivity index (χ0v) is 12.6. The number of nitrogens with one attached hydrogen (secondary N) is 1. The van der Waals surface area contributed by atoms with Gasteiger partial charge in [-0.2, -0.15) is 5.10 Å². The number of carbonyl (C=O) groups excluding carboxylic acids is 2. The molecule has 0 bridgehead atoms. The van der Waals surface area contributed by atoms with E-state index in [1.54, 1.807) is 25.8 Å². The summed E-state index contributed by atoms with van der Waals surface area (Å²) in [7, 11) is 5.12. The summed E-state index contributed by atoms with van der Waals surface area (Å²) in [5.74, 6) is -0.126. The summed E-state index contributed by atoms with van der Waals surface area (Å²) < 4.78 is 1.63. The monoisotopic (exact) mass is 278 g/mol. The summed E-state index contributed by atoms with van der Waals surface area (Å²) in [5.41, 5.74) is 1.64. The van der Waals surface area contributed by atoms with E-state index in [1.165, 1.54) is 4.90 Å². The van der Waals surface area contributed by atoms with Crippen molar-refractivity contribution in [1.82, 2.24) is 14.7 Å². The van der Waals surface area contributed by atoms with Crippen molar-refractivity contribution in [3.05, 3.63) is 11.4 Å². The third kappa shape index (κ3) is 2.69. The molecule has 0 aromatic carbocycles. The van der Waals surface area contributed by atoms with Crippen molar-refractivity contribution in [2.45, 2.75) is 32.6 Å². The van der Waals surface area contributed by atoms with Gasteiger partial charge in [0.2, 0.25) is 5.91 Å². The maximum absolute atomic E-state index is 12.2. The van der Waals surface area contributed by atoms with Crippen LogP contribution in [0.4, 0.5) is 5.69 Å². The quantitative estimate of drug-likeness (QED) is 0.912. The van der Waals surface area contributed by atoms with E-state index in [4.69, 9.17) is 0 Å². The molecule has 1 saturated carbocycles. The third-order valence-electron chi connectivity index (χ3n) is 3.92. The van der Waals surface area contributed by atoms with E-state index in [-0.39, 0.29) is 17.7 Å². The van der Waals surface area contributed by atoms with Crippen LogP contribution in [0.5, 0.6) is 0 Å². The fourth-order valence-electron chi connectivity index (χ4n) is 2.53. The van der Waals surface area contributed by atoms with E-state index in [9.17, 15) is 9.59 Å². The van der Waals surface area contributed by atoms with Gasteiger partial charge >= 0.3 is 0 Å². The van der Waals surface area contributed by atoms with E-state index in [1.807, 2.05) is 6.92 Å². The lowest BCUT2D eigenvalue weighted by Gasteiger charge is -2.13. The molecule has 0 spiro atoms. The number of aryl methyl sites for hydroxylation is 1. The Labute approximate surface area is 119 Å². The number of rotatable bonds is 3. The Bertz CT molecular complexity index is 528. The molecule has 2 amide bonds. The lowest BCUT2D eigenvalue weighted by Crippen LogP contribution is -2.26. The molecule has 20 heavy (non-hydrogen) atoms. The summed E-state index contributed by atoms with van der Waals surface area (Å²) >= 11 is 0. The molecule has 110 valence electrons. The summed E-state index contributed by atoms with van der Waals surface area (Å²) in [6, 6.07) is 0. The second kappa shape index (κ2) is 5.64. The zero-order chi connectivity index (χ0) is 14.9. The molecule has 1 heterocycles. The maximum Gasteiger partial charge on any atom is 0.276 e. The van der Waals surface area contributed by atoms with Gasteiger partial charge in [0.1, 0.15) is 0 Å². The first kappa shape index (κ1) is 14.6. The van der Waals surface area contributed by atoms with Gasteiger partial charge in [0.15, 0.2) is 5.69 Å². The van der Waals surface area contributed by atoms with Crippen LogP contribution in [0.2, 0.25) is 0 Å². The van der Waals surface area contributed by atoms with Gasteiger partial charge in [-0.05, 0) is 19.8 Å². The SMILES string of the molecule is Cc1c(NC(=O)C2CCCC2)c(C(=O)N(C)C)nn1C. The van der Waals surface area contributed by atoms with Crippen molar-refractivity contribution in [2.75, 3.05) is 19.4 Å². The van der Waals surface area contributed by atoms with Gasteiger partial charge in [-0.25, -0.2) is 0 Å². The van der Waals surface area contributed by atoms with E-state index in [0.717, 1.165) is 31.4 Å². The van der Waals surface area contributed by atoms with Gasteiger partial charge in [0, 0.05) is 27.1 Å². The van der Waals surface area contributed by atoms with E-state index in [2.05, 4.69) is 10.4 Å². The number of anilines is 1. The van der Waals surface area contributed by atoms with E-state index >= 15 is 0 Å². The molecule has 0 saturated heterocycles. The molecular weight excluding hydrogens is 256 g/mol. The highest BCUT2D eigenvalue weighted by Crippen LogP contribution is 2.28. The molecule has 1 aromatic heterocycles. The summed E-state index contributed by atoms with van der Waals surface area (Å²) in [5, 5.41) is 7.13. The average Bonchev–Trinajstić information content (AvgIpc) is 3.01. The van der Waals surface area contributed by atoms with Gasteiger partial charge in [-0.15, -0.1) is 0 Å². The van der Waals surface area contributed by atoms with Gasteiger partial charge in [0.25, 0.3) is 5.91 Å². The van der Waals surface area contributed by atoms with Crippen molar-refractivity contribution in [3.8, 4) is 0 Å². The molecule has 2 rings (SSSR count). The Kier molecular flexibility index (Phi) is 4.11. The number of hydrogen-bond donors (Lipinski definition) is 1. The number of hydrogen-bond acceptors (Lipinski definition) is 3. The van der Waals surface area contributed by atoms with Crippen molar-refractivity contribution >= 4 is 17.5 Å². The molecule has 0 unspecified atom stereocenters. The standard InChI is InChI=1S/C14H22N4O2/c1-9-11(15-13(19)10-7-5-6-8-10)12(16-18(9)4)14(20)17(2)3/h10H,5-8H2,1-4H3,(H,15,19). The molecule has 6 nitrogen and oxygen atoms in total. The highest BCUT2D eigenvalue weighted by Gasteiger charge is 2.27. The normalized spacial score (nSPS) is 15.4. The largest absolute Gasteiger partial charge is 0.343 e. The molecular formula is C14H22N4O2. The minimum atomic E-state index is -0.199. The topological polar surface area (TPSA) is 67.2 Å². The minimum absolute atomic E-state index is 0.00593. The summed E-state index contributed by atoms with van der Waals surface area (Å²) in [6.07, 6.45) is 4.07. The first-order valence-corrected chi connectivity index (χ1v) is 6.98. The second-order valence-corrected chi connectivity index (χ2v) is 5.60. The summed E-state index contributed by atoms with van der Waals surface area (Å²) in [4.78, 5) is 25.8. The smallest absolute Gasteiger partial charge is 0.276 e. The number of amides is 2. The van der Waals surface area contributed by atoms with Crippen LogP contribution < -0.4 is 5.32 Å². The van der Waals surface area contributed by atoms with E-state index in [0.29, 0.717) is 11.4 Å². The molecule has 1 aromatic rings. The Morgan fingerprint density at radius 2 is 1.90 bits per heavy atom. The zero-order valence-electron chi connectivity index (χ0n) is 12.6. The van der Waals surface area contributed by atoms with Crippen LogP contribution in [0.25, 0.3) is 0 Å². The van der Waals surface area contributed by atoms with E-state index < -0.39 is 0 Å². The third-order valence-corrected chi connectivity index (χ3v) is 3.92. The second-order valence-electron chi connectivity index (χ2n) is 5.60. The first-order chi connectivity index (χ1) is 9.41. The van der Waals surface area contributed by atoms with Gasteiger partial charge in [-0.1, -0.05) is 12.8 Å². The molecule has 1 aliphatic rings. The molecule has 0 radical (unpaired) electrons. The van der Waals surface area contributed by atoms with Gasteiger partial charge < -0.3 is 10.2 Å². The van der Waals surface area contributed by atoms with Crippen LogP contribution >= 0.6 is 0 Å². The maximum atomic E-state index is 12.2. The van der Waals surface area contributed by atoms with Crippen LogP contribution in [0, 0.1) is 12.8 Å². The molecule has 1 N–H and O–H groups in total. The Balaban J connectivity index is 2.25. The predicted molar refractivity (Wildman–Crippen MR) is 76.6 cm³/mol. The fraction of sp³-hybridized carbons (Fsp3) is 0.643. The van der Waals surface area contributed by atoms with Crippen LogP contribution in [0.1, 0.15) is 41.9 Å². The molecule has 1 aliphatic carbocycles. The van der Waals surface area contributed by atoms with Crippen LogP contribution in [0.15, 0.2) is 0 Å². The van der Waals surface area contributed by atoms with Gasteiger partial charge in [0.05, 0.1) is 11.4 Å². The first-order valence-electron chi connectivity index (χ1n) is 6.98. The predicted octanol–water partition coefficient (Wildman–Crippen LogP) is 1.56. The van der Waals surface area contributed by atoms with Crippen LogP contribution in [0.3, 0.4) is 0 Å². The number of carbonyl (C=O) groups is 2. The van der Waals surface area contributed by atoms with Crippen LogP contribution in [-0.4, -0.2) is 40.6 Å². The average molecular weight is 278 g/mol. The summed E-state index contributed by atoms with van der Waals surface area (Å²) in [6.45, 7) is 1.85. The fourth-order valence-corrected chi connectivity index (χ4v) is 2.53. The Morgan fingerprint density at radius 1 is 1.30 bits per heavy atom. The van der Waals surface area contributed by atoms with Crippen molar-refractivity contribution in [2.24, 2.45) is 13.0 Å². The number of nitrogens with zero attached hydrogens (tertiary/aromatic N) is 3. The lowest BCUT2D eigenvalue weighted by atomic mass is 10.1. The van der Waals surface area contributed by atoms with Gasteiger partial charge in [-0.3, -0.25) is 14.3 Å². The van der Waals surface area contributed by atoms with Crippen LogP contribution in [-0.2, 0) is 11.8 Å². The molecule has 0 aliphatic heterocycles. The van der Waals surface area contributed by atoms with Crippen molar-refractivity contribution in [3.63, 3.8) is 0 Å². The molecule has 6 heteroatoms. The molecule has 0 atom stereocenters. The molecule has 1 fully saturated rings. The minimum Gasteiger partial charge on any atom is -0.343 e.